The third-order valence-electron chi connectivity index (χ3n) is 5.46. The van der Waals surface area contributed by atoms with E-state index in [9.17, 15) is 0 Å². The van der Waals surface area contributed by atoms with Crippen LogP contribution < -0.4 is 4.90 Å². The van der Waals surface area contributed by atoms with Gasteiger partial charge in [-0.1, -0.05) is 44.2 Å². The Morgan fingerprint density at radius 2 is 1.75 bits per heavy atom. The molecule has 2 heteroatoms. The van der Waals surface area contributed by atoms with Crippen molar-refractivity contribution in [3.63, 3.8) is 0 Å². The highest BCUT2D eigenvalue weighted by molar-refractivity contribution is 5.64. The Bertz CT molecular complexity index is 596. The average Bonchev–Trinajstić information content (AvgIpc) is 2.79. The van der Waals surface area contributed by atoms with Crippen molar-refractivity contribution in [3.8, 4) is 0 Å². The highest BCUT2D eigenvalue weighted by atomic mass is 15.2. The van der Waals surface area contributed by atoms with E-state index in [1.165, 1.54) is 75.1 Å². The van der Waals surface area contributed by atoms with Gasteiger partial charge in [-0.15, -0.1) is 0 Å². The Morgan fingerprint density at radius 3 is 2.58 bits per heavy atom. The van der Waals surface area contributed by atoms with E-state index in [0.29, 0.717) is 0 Å². The summed E-state index contributed by atoms with van der Waals surface area (Å²) in [5.41, 5.74) is 6.02. The number of hydrogen-bond acceptors (Lipinski definition) is 2. The fourth-order valence-electron chi connectivity index (χ4n) is 4.00. The van der Waals surface area contributed by atoms with Crippen molar-refractivity contribution in [1.82, 2.24) is 4.90 Å². The van der Waals surface area contributed by atoms with E-state index in [0.717, 1.165) is 6.54 Å². The molecule has 0 amide bonds. The van der Waals surface area contributed by atoms with Gasteiger partial charge in [0.15, 0.2) is 0 Å². The molecule has 130 valence electrons. The number of benzene rings is 1. The van der Waals surface area contributed by atoms with Crippen molar-refractivity contribution in [2.24, 2.45) is 0 Å². The van der Waals surface area contributed by atoms with Gasteiger partial charge in [0.2, 0.25) is 0 Å². The first-order chi connectivity index (χ1) is 11.8. The molecule has 0 saturated carbocycles. The minimum atomic E-state index is 1.14. The predicted molar refractivity (Wildman–Crippen MR) is 105 cm³/mol. The molecule has 0 aromatic heterocycles. The zero-order valence-corrected chi connectivity index (χ0v) is 15.4. The highest BCUT2D eigenvalue weighted by Gasteiger charge is 2.23. The molecular weight excluding hydrogens is 292 g/mol. The van der Waals surface area contributed by atoms with Gasteiger partial charge in [-0.3, -0.25) is 0 Å². The fourth-order valence-corrected chi connectivity index (χ4v) is 4.00. The van der Waals surface area contributed by atoms with Crippen LogP contribution in [0.3, 0.4) is 0 Å². The minimum absolute atomic E-state index is 1.14. The smallest absolute Gasteiger partial charge is 0.0443 e. The second-order valence-corrected chi connectivity index (χ2v) is 6.91. The van der Waals surface area contributed by atoms with Gasteiger partial charge >= 0.3 is 0 Å². The zero-order valence-electron chi connectivity index (χ0n) is 15.4. The van der Waals surface area contributed by atoms with E-state index in [1.54, 1.807) is 5.57 Å². The molecule has 0 saturated heterocycles. The van der Waals surface area contributed by atoms with Gasteiger partial charge in [-0.05, 0) is 75.4 Å². The number of fused-ring (bicyclic) bond motifs is 2. The summed E-state index contributed by atoms with van der Waals surface area (Å²) in [6, 6.07) is 9.02. The topological polar surface area (TPSA) is 6.48 Å². The number of para-hydroxylation sites is 1. The summed E-state index contributed by atoms with van der Waals surface area (Å²) in [7, 11) is 0. The molecule has 0 bridgehead atoms. The standard InChI is InChI=1S/C22H32N2/c1-3-23(4-2)17-9-10-18-24-21-13-7-5-11-19(21)15-16-20-12-6-8-14-22(20)24/h5,7,11-14H,3-4,6,8-10,15-18H2,1-2H3. The first-order valence-electron chi connectivity index (χ1n) is 9.80. The number of nitrogens with zero attached hydrogens (tertiary/aromatic N) is 2. The lowest BCUT2D eigenvalue weighted by atomic mass is 9.98. The Hall–Kier alpha value is -1.54. The summed E-state index contributed by atoms with van der Waals surface area (Å²) in [5, 5.41) is 0. The quantitative estimate of drug-likeness (QED) is 0.639. The van der Waals surface area contributed by atoms with Crippen molar-refractivity contribution in [3.05, 3.63) is 53.3 Å². The van der Waals surface area contributed by atoms with Crippen LogP contribution in [-0.2, 0) is 6.42 Å². The highest BCUT2D eigenvalue weighted by Crippen LogP contribution is 2.36. The van der Waals surface area contributed by atoms with Crippen molar-refractivity contribution in [2.45, 2.75) is 52.4 Å². The Morgan fingerprint density at radius 1 is 0.958 bits per heavy atom. The molecule has 0 unspecified atom stereocenters. The van der Waals surface area contributed by atoms with Crippen molar-refractivity contribution >= 4 is 5.69 Å². The molecule has 24 heavy (non-hydrogen) atoms. The summed E-state index contributed by atoms with van der Waals surface area (Å²) in [5.74, 6) is 0. The van der Waals surface area contributed by atoms with Gasteiger partial charge in [0.25, 0.3) is 0 Å². The van der Waals surface area contributed by atoms with E-state index < -0.39 is 0 Å². The van der Waals surface area contributed by atoms with Crippen LogP contribution in [0.5, 0.6) is 0 Å². The third kappa shape index (κ3) is 3.92. The van der Waals surface area contributed by atoms with Crippen molar-refractivity contribution in [1.29, 1.82) is 0 Å². The molecular formula is C22H32N2. The number of hydrogen-bond donors (Lipinski definition) is 0. The molecule has 1 heterocycles. The molecule has 0 fully saturated rings. The summed E-state index contributed by atoms with van der Waals surface area (Å²) in [4.78, 5) is 5.14. The fraction of sp³-hybridized carbons (Fsp3) is 0.545. The second-order valence-electron chi connectivity index (χ2n) is 6.91. The number of anilines is 1. The molecule has 2 nitrogen and oxygen atoms in total. The molecule has 0 N–H and O–H groups in total. The second kappa shape index (κ2) is 8.53. The van der Waals surface area contributed by atoms with Crippen LogP contribution in [0.25, 0.3) is 0 Å². The number of unbranched alkanes of at least 4 members (excludes halogenated alkanes) is 1. The molecule has 2 aliphatic rings. The van der Waals surface area contributed by atoms with Gasteiger partial charge < -0.3 is 9.80 Å². The summed E-state index contributed by atoms with van der Waals surface area (Å²) >= 11 is 0. The normalized spacial score (nSPS) is 17.0. The summed E-state index contributed by atoms with van der Waals surface area (Å²) in [6.07, 6.45) is 12.3. The van der Waals surface area contributed by atoms with Crippen LogP contribution in [0.1, 0.15) is 51.5 Å². The van der Waals surface area contributed by atoms with Gasteiger partial charge in [0.05, 0.1) is 0 Å². The minimum Gasteiger partial charge on any atom is -0.341 e. The maximum absolute atomic E-state index is 2.61. The summed E-state index contributed by atoms with van der Waals surface area (Å²) in [6.45, 7) is 9.23. The molecule has 1 aromatic carbocycles. The largest absolute Gasteiger partial charge is 0.341 e. The van der Waals surface area contributed by atoms with Crippen molar-refractivity contribution in [2.75, 3.05) is 31.1 Å². The Labute approximate surface area is 147 Å². The van der Waals surface area contributed by atoms with Gasteiger partial charge in [0.1, 0.15) is 0 Å². The van der Waals surface area contributed by atoms with Crippen LogP contribution in [0.4, 0.5) is 5.69 Å². The monoisotopic (exact) mass is 324 g/mol. The van der Waals surface area contributed by atoms with Crippen LogP contribution in [0, 0.1) is 0 Å². The molecule has 3 rings (SSSR count). The average molecular weight is 325 g/mol. The van der Waals surface area contributed by atoms with Gasteiger partial charge in [-0.2, -0.15) is 0 Å². The lowest BCUT2D eigenvalue weighted by Gasteiger charge is -2.30. The lowest BCUT2D eigenvalue weighted by Crippen LogP contribution is -2.27. The van der Waals surface area contributed by atoms with E-state index in [1.807, 2.05) is 0 Å². The summed E-state index contributed by atoms with van der Waals surface area (Å²) < 4.78 is 0. The van der Waals surface area contributed by atoms with Crippen LogP contribution >= 0.6 is 0 Å². The van der Waals surface area contributed by atoms with E-state index >= 15 is 0 Å². The van der Waals surface area contributed by atoms with Gasteiger partial charge in [0, 0.05) is 17.9 Å². The third-order valence-corrected chi connectivity index (χ3v) is 5.46. The first kappa shape index (κ1) is 17.3. The first-order valence-corrected chi connectivity index (χ1v) is 9.80. The van der Waals surface area contributed by atoms with E-state index in [2.05, 4.69) is 60.1 Å². The maximum Gasteiger partial charge on any atom is 0.0443 e. The maximum atomic E-state index is 2.61. The van der Waals surface area contributed by atoms with E-state index in [-0.39, 0.29) is 0 Å². The number of aryl methyl sites for hydroxylation is 1. The molecule has 0 atom stereocenters. The predicted octanol–water partition coefficient (Wildman–Crippen LogP) is 5.17. The number of rotatable bonds is 7. The SMILES string of the molecule is CCN(CC)CCCCN1C2=CCCC=C2CCc2ccccc21. The molecule has 0 radical (unpaired) electrons. The van der Waals surface area contributed by atoms with Crippen LogP contribution in [0.15, 0.2) is 47.7 Å². The molecule has 1 aliphatic carbocycles. The lowest BCUT2D eigenvalue weighted by molar-refractivity contribution is 0.297. The number of allylic oxidation sites excluding steroid dienone is 3. The van der Waals surface area contributed by atoms with E-state index in [4.69, 9.17) is 0 Å². The molecule has 1 aromatic rings. The van der Waals surface area contributed by atoms with Crippen LogP contribution in [0.2, 0.25) is 0 Å². The Balaban J connectivity index is 1.72. The van der Waals surface area contributed by atoms with Gasteiger partial charge in [-0.25, -0.2) is 0 Å². The molecule has 1 aliphatic heterocycles. The van der Waals surface area contributed by atoms with Crippen LogP contribution in [-0.4, -0.2) is 31.1 Å². The molecule has 0 spiro atoms. The zero-order chi connectivity index (χ0) is 16.8. The Kier molecular flexibility index (Phi) is 6.14. The van der Waals surface area contributed by atoms with Crippen molar-refractivity contribution < 1.29 is 0 Å².